The summed E-state index contributed by atoms with van der Waals surface area (Å²) in [6.45, 7) is 0. The molecule has 0 saturated heterocycles. The van der Waals surface area contributed by atoms with Gasteiger partial charge in [-0.05, 0) is 60.7 Å². The molecule has 6 nitrogen and oxygen atoms in total. The minimum atomic E-state index is -3.73. The zero-order valence-corrected chi connectivity index (χ0v) is 16.7. The van der Waals surface area contributed by atoms with Crippen molar-refractivity contribution in [3.05, 3.63) is 84.4 Å². The van der Waals surface area contributed by atoms with Gasteiger partial charge in [-0.15, -0.1) is 12.4 Å². The van der Waals surface area contributed by atoms with Crippen LogP contribution in [0.1, 0.15) is 5.56 Å². The molecule has 0 aromatic heterocycles. The number of methoxy groups -OCH3 is 1. The predicted molar refractivity (Wildman–Crippen MR) is 114 cm³/mol. The van der Waals surface area contributed by atoms with Crippen LogP contribution in [0.5, 0.6) is 5.75 Å². The lowest BCUT2D eigenvalue weighted by atomic mass is 10.2. The van der Waals surface area contributed by atoms with Crippen molar-refractivity contribution < 1.29 is 13.2 Å². The van der Waals surface area contributed by atoms with Crippen molar-refractivity contribution >= 4 is 39.6 Å². The van der Waals surface area contributed by atoms with E-state index < -0.39 is 10.0 Å². The number of rotatable bonds is 5. The Morgan fingerprint density at radius 3 is 2.07 bits per heavy atom. The molecule has 3 rings (SSSR count). The quantitative estimate of drug-likeness (QED) is 0.485. The highest BCUT2D eigenvalue weighted by Crippen LogP contribution is 2.20. The molecule has 0 radical (unpaired) electrons. The van der Waals surface area contributed by atoms with Crippen LogP contribution in [0.25, 0.3) is 0 Å². The molecular weight excluding hydrogens is 398 g/mol. The summed E-state index contributed by atoms with van der Waals surface area (Å²) in [5.74, 6) is 1.36. The second kappa shape index (κ2) is 9.36. The molecule has 0 bridgehead atoms. The van der Waals surface area contributed by atoms with Gasteiger partial charge in [0, 0.05) is 11.3 Å². The fourth-order valence-corrected chi connectivity index (χ4v) is 2.93. The van der Waals surface area contributed by atoms with E-state index in [1.165, 1.54) is 12.1 Å². The summed E-state index contributed by atoms with van der Waals surface area (Å²) >= 11 is 0. The summed E-state index contributed by atoms with van der Waals surface area (Å²) in [5, 5.41) is 8.43. The number of primary sulfonamides is 1. The van der Waals surface area contributed by atoms with Gasteiger partial charge in [0.15, 0.2) is 0 Å². The third kappa shape index (κ3) is 5.56. The number of aliphatic imine (C=N–C) groups is 1. The zero-order valence-electron chi connectivity index (χ0n) is 15.1. The smallest absolute Gasteiger partial charge is 0.238 e. The molecule has 8 heteroatoms. The number of nitrogens with zero attached hydrogens (tertiary/aromatic N) is 1. The van der Waals surface area contributed by atoms with Gasteiger partial charge in [0.25, 0.3) is 0 Å². The standard InChI is InChI=1S/C20H19N3O3S.ClH/c1-26-18-11-7-15(8-12-18)20(22-16-5-3-2-4-6-16)23-17-9-13-19(14-10-17)27(21,24)25;/h2-14H,1H3,(H,22,23)(H2,21,24,25);1H. The van der Waals surface area contributed by atoms with E-state index in [2.05, 4.69) is 10.3 Å². The predicted octanol–water partition coefficient (Wildman–Crippen LogP) is 3.95. The third-order valence-corrected chi connectivity index (χ3v) is 4.74. The Hall–Kier alpha value is -2.87. The van der Waals surface area contributed by atoms with Crippen LogP contribution in [0.15, 0.2) is 88.8 Å². The van der Waals surface area contributed by atoms with E-state index in [1.54, 1.807) is 19.2 Å². The second-order valence-corrected chi connectivity index (χ2v) is 7.28. The first-order chi connectivity index (χ1) is 13.0. The monoisotopic (exact) mass is 417 g/mol. The number of hydrogen-bond donors (Lipinski definition) is 2. The van der Waals surface area contributed by atoms with E-state index in [-0.39, 0.29) is 17.3 Å². The maximum atomic E-state index is 11.4. The molecule has 0 aliphatic carbocycles. The van der Waals surface area contributed by atoms with Crippen LogP contribution in [0.2, 0.25) is 0 Å². The van der Waals surface area contributed by atoms with Gasteiger partial charge < -0.3 is 10.1 Å². The summed E-state index contributed by atoms with van der Waals surface area (Å²) in [7, 11) is -2.12. The first-order valence-electron chi connectivity index (χ1n) is 8.14. The molecule has 28 heavy (non-hydrogen) atoms. The molecule has 0 aliphatic rings. The second-order valence-electron chi connectivity index (χ2n) is 5.72. The summed E-state index contributed by atoms with van der Waals surface area (Å²) in [4.78, 5) is 4.68. The normalized spacial score (nSPS) is 11.4. The van der Waals surface area contributed by atoms with Gasteiger partial charge in [0.1, 0.15) is 11.6 Å². The number of ether oxygens (including phenoxy) is 1. The molecular formula is C20H20ClN3O3S. The van der Waals surface area contributed by atoms with Gasteiger partial charge in [-0.3, -0.25) is 0 Å². The topological polar surface area (TPSA) is 93.8 Å². The molecule has 0 heterocycles. The van der Waals surface area contributed by atoms with E-state index in [4.69, 9.17) is 9.88 Å². The van der Waals surface area contributed by atoms with E-state index >= 15 is 0 Å². The lowest BCUT2D eigenvalue weighted by Crippen LogP contribution is -2.13. The number of amidine groups is 1. The number of hydrogen-bond acceptors (Lipinski definition) is 4. The molecule has 0 saturated carbocycles. The molecule has 0 unspecified atom stereocenters. The van der Waals surface area contributed by atoms with E-state index in [9.17, 15) is 8.42 Å². The third-order valence-electron chi connectivity index (χ3n) is 3.81. The summed E-state index contributed by atoms with van der Waals surface area (Å²) in [5.41, 5.74) is 2.33. The van der Waals surface area contributed by atoms with Crippen LogP contribution in [0.4, 0.5) is 11.4 Å². The van der Waals surface area contributed by atoms with Gasteiger partial charge in [0.2, 0.25) is 10.0 Å². The Labute approximate surface area is 170 Å². The summed E-state index contributed by atoms with van der Waals surface area (Å²) < 4.78 is 28.0. The highest BCUT2D eigenvalue weighted by Gasteiger charge is 2.08. The van der Waals surface area contributed by atoms with Crippen LogP contribution in [-0.4, -0.2) is 21.4 Å². The van der Waals surface area contributed by atoms with Crippen molar-refractivity contribution in [2.45, 2.75) is 4.90 Å². The highest BCUT2D eigenvalue weighted by molar-refractivity contribution is 7.89. The summed E-state index contributed by atoms with van der Waals surface area (Å²) in [6.07, 6.45) is 0. The first kappa shape index (κ1) is 21.4. The molecule has 3 aromatic carbocycles. The van der Waals surface area contributed by atoms with Crippen LogP contribution >= 0.6 is 12.4 Å². The lowest BCUT2D eigenvalue weighted by Gasteiger charge is -2.11. The van der Waals surface area contributed by atoms with Crippen molar-refractivity contribution in [1.82, 2.24) is 0 Å². The molecule has 0 spiro atoms. The van der Waals surface area contributed by atoms with Crippen LogP contribution < -0.4 is 15.2 Å². The zero-order chi connectivity index (χ0) is 19.3. The van der Waals surface area contributed by atoms with Crippen molar-refractivity contribution in [3.8, 4) is 5.75 Å². The Kier molecular flexibility index (Phi) is 7.17. The average molecular weight is 418 g/mol. The molecule has 146 valence electrons. The fraction of sp³-hybridized carbons (Fsp3) is 0.0500. The Morgan fingerprint density at radius 1 is 0.929 bits per heavy atom. The minimum absolute atomic E-state index is 0. The van der Waals surface area contributed by atoms with E-state index in [1.807, 2.05) is 54.6 Å². The van der Waals surface area contributed by atoms with Gasteiger partial charge >= 0.3 is 0 Å². The number of halogens is 1. The number of para-hydroxylation sites is 1. The Morgan fingerprint density at radius 2 is 1.54 bits per heavy atom. The van der Waals surface area contributed by atoms with Crippen molar-refractivity contribution in [2.24, 2.45) is 10.1 Å². The Balaban J connectivity index is 0.00000280. The van der Waals surface area contributed by atoms with Gasteiger partial charge in [-0.1, -0.05) is 18.2 Å². The molecule has 3 N–H and O–H groups in total. The fourth-order valence-electron chi connectivity index (χ4n) is 2.41. The van der Waals surface area contributed by atoms with E-state index in [0.717, 1.165) is 17.0 Å². The van der Waals surface area contributed by atoms with Crippen LogP contribution in [0.3, 0.4) is 0 Å². The van der Waals surface area contributed by atoms with E-state index in [0.29, 0.717) is 11.5 Å². The van der Waals surface area contributed by atoms with Crippen LogP contribution in [-0.2, 0) is 10.0 Å². The summed E-state index contributed by atoms with van der Waals surface area (Å²) in [6, 6.07) is 23.2. The SMILES string of the molecule is COc1ccc(C(=Nc2ccc(S(N)(=O)=O)cc2)Nc2ccccc2)cc1.Cl. The molecule has 0 amide bonds. The van der Waals surface area contributed by atoms with Gasteiger partial charge in [-0.2, -0.15) is 0 Å². The maximum Gasteiger partial charge on any atom is 0.238 e. The van der Waals surface area contributed by atoms with Gasteiger partial charge in [-0.25, -0.2) is 18.5 Å². The van der Waals surface area contributed by atoms with Crippen LogP contribution in [0, 0.1) is 0 Å². The molecule has 0 fully saturated rings. The number of nitrogens with one attached hydrogen (secondary N) is 1. The first-order valence-corrected chi connectivity index (χ1v) is 9.68. The average Bonchev–Trinajstić information content (AvgIpc) is 2.68. The number of anilines is 1. The highest BCUT2D eigenvalue weighted by atomic mass is 35.5. The molecule has 0 aliphatic heterocycles. The van der Waals surface area contributed by atoms with Crippen molar-refractivity contribution in [3.63, 3.8) is 0 Å². The Bertz CT molecular complexity index is 1040. The van der Waals surface area contributed by atoms with Crippen molar-refractivity contribution in [2.75, 3.05) is 12.4 Å². The van der Waals surface area contributed by atoms with Gasteiger partial charge in [0.05, 0.1) is 17.7 Å². The molecule has 0 atom stereocenters. The minimum Gasteiger partial charge on any atom is -0.497 e. The number of nitrogens with two attached hydrogens (primary N) is 1. The maximum absolute atomic E-state index is 11.4. The number of benzene rings is 3. The lowest BCUT2D eigenvalue weighted by molar-refractivity contribution is 0.415. The molecule has 3 aromatic rings. The largest absolute Gasteiger partial charge is 0.497 e. The number of sulfonamides is 1. The van der Waals surface area contributed by atoms with Crippen molar-refractivity contribution in [1.29, 1.82) is 0 Å².